The molecule has 0 aromatic heterocycles. The molecule has 0 amide bonds. The Morgan fingerprint density at radius 1 is 1.00 bits per heavy atom. The molecule has 4 heteroatoms. The van der Waals surface area contributed by atoms with Crippen LogP contribution >= 0.6 is 0 Å². The fourth-order valence-corrected chi connectivity index (χ4v) is 2.96. The first-order chi connectivity index (χ1) is 12.7. The normalized spacial score (nSPS) is 13.8. The Labute approximate surface area is 170 Å². The van der Waals surface area contributed by atoms with Crippen LogP contribution in [0.1, 0.15) is 52.9 Å². The van der Waals surface area contributed by atoms with E-state index < -0.39 is 0 Å². The summed E-state index contributed by atoms with van der Waals surface area (Å²) in [5.74, 6) is 0. The second-order valence-corrected chi connectivity index (χ2v) is 8.43. The predicted octanol–water partition coefficient (Wildman–Crippen LogP) is 4.29. The summed E-state index contributed by atoms with van der Waals surface area (Å²) < 4.78 is 6.12. The van der Waals surface area contributed by atoms with Crippen LogP contribution < -0.4 is 0 Å². The lowest BCUT2D eigenvalue weighted by atomic mass is 10.1. The van der Waals surface area contributed by atoms with Crippen LogP contribution in [0, 0.1) is 0 Å². The third-order valence-electron chi connectivity index (χ3n) is 4.76. The van der Waals surface area contributed by atoms with E-state index in [1.54, 1.807) is 0 Å². The summed E-state index contributed by atoms with van der Waals surface area (Å²) >= 11 is 0. The number of allylic oxidation sites excluding steroid dienone is 2. The molecule has 1 unspecified atom stereocenters. The lowest BCUT2D eigenvalue weighted by molar-refractivity contribution is 0.0494. The molecule has 0 aromatic carbocycles. The maximum Gasteiger partial charge on any atom is 0.0678 e. The first-order valence-electron chi connectivity index (χ1n) is 10.7. The van der Waals surface area contributed by atoms with E-state index in [0.29, 0.717) is 0 Å². The molecule has 0 fully saturated rings. The van der Waals surface area contributed by atoms with Crippen LogP contribution in [0.3, 0.4) is 0 Å². The average molecular weight is 382 g/mol. The van der Waals surface area contributed by atoms with Gasteiger partial charge in [-0.25, -0.2) is 0 Å². The minimum absolute atomic E-state index is 0.262. The van der Waals surface area contributed by atoms with Gasteiger partial charge in [0.2, 0.25) is 0 Å². The summed E-state index contributed by atoms with van der Waals surface area (Å²) in [5, 5.41) is 0. The van der Waals surface area contributed by atoms with Crippen molar-refractivity contribution in [3.63, 3.8) is 0 Å². The molecule has 160 valence electrons. The summed E-state index contributed by atoms with van der Waals surface area (Å²) in [6, 6.07) is 0. The monoisotopic (exact) mass is 381 g/mol. The number of nitrogens with zero attached hydrogens (tertiary/aromatic N) is 3. The van der Waals surface area contributed by atoms with Gasteiger partial charge in [0.15, 0.2) is 0 Å². The standard InChI is InChI=1S/C23H47N3O/c1-9-21(2)13-10-14-22(3)20-27-23(4)19-26(17-11-15-24(5)6)18-12-16-25(7)8/h14,23H,2,9-13,15-20H2,1,3-8H3/b22-14+. The van der Waals surface area contributed by atoms with Crippen molar-refractivity contribution in [3.8, 4) is 0 Å². The van der Waals surface area contributed by atoms with Crippen LogP contribution in [0.5, 0.6) is 0 Å². The Kier molecular flexibility index (Phi) is 15.9. The Balaban J connectivity index is 4.27. The summed E-state index contributed by atoms with van der Waals surface area (Å²) in [6.45, 7) is 17.0. The van der Waals surface area contributed by atoms with Gasteiger partial charge in [0.1, 0.15) is 0 Å². The summed E-state index contributed by atoms with van der Waals surface area (Å²) in [7, 11) is 8.58. The summed E-state index contributed by atoms with van der Waals surface area (Å²) in [4.78, 5) is 7.10. The predicted molar refractivity (Wildman–Crippen MR) is 121 cm³/mol. The molecule has 1 atom stereocenters. The van der Waals surface area contributed by atoms with Crippen LogP contribution in [0.25, 0.3) is 0 Å². The van der Waals surface area contributed by atoms with E-state index in [1.807, 2.05) is 0 Å². The Morgan fingerprint density at radius 2 is 1.56 bits per heavy atom. The average Bonchev–Trinajstić information content (AvgIpc) is 2.58. The van der Waals surface area contributed by atoms with Crippen molar-refractivity contribution in [2.24, 2.45) is 0 Å². The second-order valence-electron chi connectivity index (χ2n) is 8.43. The van der Waals surface area contributed by atoms with Gasteiger partial charge in [-0.05, 0) is 100 Å². The Bertz CT molecular complexity index is 390. The molecule has 0 saturated carbocycles. The molecule has 4 nitrogen and oxygen atoms in total. The van der Waals surface area contributed by atoms with E-state index in [0.717, 1.165) is 58.6 Å². The molecule has 0 spiro atoms. The minimum Gasteiger partial charge on any atom is -0.373 e. The summed E-state index contributed by atoms with van der Waals surface area (Å²) in [5.41, 5.74) is 2.66. The molecular formula is C23H47N3O. The molecule has 0 aromatic rings. The van der Waals surface area contributed by atoms with Gasteiger partial charge >= 0.3 is 0 Å². The SMILES string of the molecule is C=C(CC)CC/C=C(\C)COC(C)CN(CCCN(C)C)CCCN(C)C. The van der Waals surface area contributed by atoms with Crippen LogP contribution in [0.4, 0.5) is 0 Å². The third kappa shape index (κ3) is 17.2. The minimum atomic E-state index is 0.262. The van der Waals surface area contributed by atoms with Gasteiger partial charge in [0.05, 0.1) is 12.7 Å². The maximum absolute atomic E-state index is 6.12. The van der Waals surface area contributed by atoms with E-state index in [9.17, 15) is 0 Å². The van der Waals surface area contributed by atoms with Gasteiger partial charge in [-0.2, -0.15) is 0 Å². The molecule has 0 aliphatic rings. The molecule has 0 N–H and O–H groups in total. The highest BCUT2D eigenvalue weighted by molar-refractivity contribution is 5.02. The Morgan fingerprint density at radius 3 is 2.04 bits per heavy atom. The fourth-order valence-electron chi connectivity index (χ4n) is 2.96. The quantitative estimate of drug-likeness (QED) is 0.350. The van der Waals surface area contributed by atoms with Crippen molar-refractivity contribution in [2.75, 3.05) is 67.5 Å². The molecule has 0 heterocycles. The summed E-state index contributed by atoms with van der Waals surface area (Å²) in [6.07, 6.45) is 8.24. The van der Waals surface area contributed by atoms with Gasteiger partial charge in [-0.15, -0.1) is 0 Å². The number of hydrogen-bond donors (Lipinski definition) is 0. The molecule has 0 saturated heterocycles. The highest BCUT2D eigenvalue weighted by Gasteiger charge is 2.11. The zero-order chi connectivity index (χ0) is 20.7. The molecule has 0 aliphatic carbocycles. The van der Waals surface area contributed by atoms with Gasteiger partial charge in [-0.1, -0.05) is 30.7 Å². The zero-order valence-electron chi connectivity index (χ0n) is 19.4. The van der Waals surface area contributed by atoms with Gasteiger partial charge in [0, 0.05) is 6.54 Å². The first-order valence-corrected chi connectivity index (χ1v) is 10.7. The third-order valence-corrected chi connectivity index (χ3v) is 4.76. The topological polar surface area (TPSA) is 19.0 Å². The molecule has 0 aliphatic heterocycles. The van der Waals surface area contributed by atoms with Crippen molar-refractivity contribution in [2.45, 2.75) is 59.0 Å². The van der Waals surface area contributed by atoms with Gasteiger partial charge < -0.3 is 19.4 Å². The number of rotatable bonds is 17. The van der Waals surface area contributed by atoms with Crippen molar-refractivity contribution in [3.05, 3.63) is 23.8 Å². The van der Waals surface area contributed by atoms with Crippen molar-refractivity contribution < 1.29 is 4.74 Å². The van der Waals surface area contributed by atoms with E-state index in [1.165, 1.54) is 24.0 Å². The smallest absolute Gasteiger partial charge is 0.0678 e. The van der Waals surface area contributed by atoms with Gasteiger partial charge in [-0.3, -0.25) is 0 Å². The fraction of sp³-hybridized carbons (Fsp3) is 0.826. The van der Waals surface area contributed by atoms with Gasteiger partial charge in [0.25, 0.3) is 0 Å². The maximum atomic E-state index is 6.12. The van der Waals surface area contributed by atoms with Crippen molar-refractivity contribution in [1.29, 1.82) is 0 Å². The number of ether oxygens (including phenoxy) is 1. The number of hydrogen-bond acceptors (Lipinski definition) is 4. The van der Waals surface area contributed by atoms with E-state index in [4.69, 9.17) is 4.74 Å². The van der Waals surface area contributed by atoms with E-state index >= 15 is 0 Å². The molecule has 0 rings (SSSR count). The molecule has 27 heavy (non-hydrogen) atoms. The highest BCUT2D eigenvalue weighted by Crippen LogP contribution is 2.09. The largest absolute Gasteiger partial charge is 0.373 e. The second kappa shape index (κ2) is 16.3. The highest BCUT2D eigenvalue weighted by atomic mass is 16.5. The van der Waals surface area contributed by atoms with Crippen LogP contribution in [0.15, 0.2) is 23.8 Å². The lowest BCUT2D eigenvalue weighted by Gasteiger charge is -2.27. The lowest BCUT2D eigenvalue weighted by Crippen LogP contribution is -2.36. The van der Waals surface area contributed by atoms with Crippen LogP contribution in [-0.4, -0.2) is 88.3 Å². The van der Waals surface area contributed by atoms with Crippen LogP contribution in [-0.2, 0) is 4.74 Å². The molecule has 0 radical (unpaired) electrons. The zero-order valence-corrected chi connectivity index (χ0v) is 19.4. The van der Waals surface area contributed by atoms with E-state index in [2.05, 4.69) is 76.3 Å². The van der Waals surface area contributed by atoms with Crippen LogP contribution in [0.2, 0.25) is 0 Å². The van der Waals surface area contributed by atoms with Crippen molar-refractivity contribution in [1.82, 2.24) is 14.7 Å². The Hall–Kier alpha value is -0.680. The first kappa shape index (κ1) is 26.3. The molecule has 0 bridgehead atoms. The molecular weight excluding hydrogens is 334 g/mol. The van der Waals surface area contributed by atoms with E-state index in [-0.39, 0.29) is 6.10 Å². The van der Waals surface area contributed by atoms with Crippen molar-refractivity contribution >= 4 is 0 Å².